The van der Waals surface area contributed by atoms with E-state index in [1.54, 1.807) is 45.7 Å². The number of hydrazone groups is 1. The number of amides is 1. The summed E-state index contributed by atoms with van der Waals surface area (Å²) in [7, 11) is 4.76. The lowest BCUT2D eigenvalue weighted by Gasteiger charge is -2.21. The molecule has 0 aliphatic carbocycles. The average molecular weight is 456 g/mol. The van der Waals surface area contributed by atoms with Gasteiger partial charge in [0.05, 0.1) is 34.2 Å². The van der Waals surface area contributed by atoms with Crippen LogP contribution in [0.1, 0.15) is 32.3 Å². The zero-order chi connectivity index (χ0) is 23.8. The van der Waals surface area contributed by atoms with E-state index in [1.165, 1.54) is 0 Å². The van der Waals surface area contributed by atoms with Crippen molar-refractivity contribution in [2.75, 3.05) is 39.8 Å². The predicted molar refractivity (Wildman–Crippen MR) is 129 cm³/mol. The highest BCUT2D eigenvalue weighted by Gasteiger charge is 2.30. The minimum Gasteiger partial charge on any atom is -0.493 e. The van der Waals surface area contributed by atoms with Crippen molar-refractivity contribution in [3.05, 3.63) is 42.0 Å². The largest absolute Gasteiger partial charge is 0.493 e. The third kappa shape index (κ3) is 6.31. The Bertz CT molecular complexity index is 977. The molecule has 0 saturated carbocycles. The Labute approximate surface area is 195 Å². The van der Waals surface area contributed by atoms with Gasteiger partial charge in [-0.2, -0.15) is 5.10 Å². The summed E-state index contributed by atoms with van der Waals surface area (Å²) in [6, 6.07) is 10.6. The van der Waals surface area contributed by atoms with Gasteiger partial charge in [0, 0.05) is 18.3 Å². The van der Waals surface area contributed by atoms with Crippen LogP contribution in [0.3, 0.4) is 0 Å². The topological polar surface area (TPSA) is 81.6 Å². The number of hydrogen-bond acceptors (Lipinski definition) is 7. The molecule has 3 rings (SSSR count). The molecule has 33 heavy (non-hydrogen) atoms. The second-order valence-electron chi connectivity index (χ2n) is 8.24. The Kier molecular flexibility index (Phi) is 8.40. The van der Waals surface area contributed by atoms with Gasteiger partial charge < -0.3 is 24.3 Å². The molecule has 1 heterocycles. The van der Waals surface area contributed by atoms with Crippen LogP contribution in [0.25, 0.3) is 0 Å². The molecule has 1 saturated heterocycles. The van der Waals surface area contributed by atoms with Gasteiger partial charge in [0.2, 0.25) is 5.91 Å². The maximum Gasteiger partial charge on any atom is 0.248 e. The van der Waals surface area contributed by atoms with E-state index in [2.05, 4.69) is 24.3 Å². The molecule has 1 atom stereocenters. The fourth-order valence-corrected chi connectivity index (χ4v) is 3.58. The van der Waals surface area contributed by atoms with Crippen LogP contribution < -0.4 is 24.3 Å². The Balaban J connectivity index is 1.69. The van der Waals surface area contributed by atoms with Crippen molar-refractivity contribution < 1.29 is 23.7 Å². The number of nitrogens with one attached hydrogen (secondary N) is 1. The molecule has 178 valence electrons. The van der Waals surface area contributed by atoms with Crippen molar-refractivity contribution in [2.24, 2.45) is 11.0 Å². The summed E-state index contributed by atoms with van der Waals surface area (Å²) in [4.78, 5) is 12.9. The second-order valence-corrected chi connectivity index (χ2v) is 8.24. The molecule has 1 amide bonds. The van der Waals surface area contributed by atoms with Gasteiger partial charge in [0.25, 0.3) is 0 Å². The molecular weight excluding hydrogens is 422 g/mol. The summed E-state index contributed by atoms with van der Waals surface area (Å²) in [6.45, 7) is 5.51. The van der Waals surface area contributed by atoms with Crippen molar-refractivity contribution in [3.63, 3.8) is 0 Å². The first-order chi connectivity index (χ1) is 15.9. The van der Waals surface area contributed by atoms with Crippen LogP contribution in [0.4, 0.5) is 5.69 Å². The number of methoxy groups -OCH3 is 3. The molecule has 0 unspecified atom stereocenters. The van der Waals surface area contributed by atoms with Gasteiger partial charge in [-0.25, -0.2) is 0 Å². The predicted octanol–water partition coefficient (Wildman–Crippen LogP) is 4.18. The van der Waals surface area contributed by atoms with Crippen molar-refractivity contribution in [1.82, 2.24) is 5.01 Å². The normalized spacial score (nSPS) is 15.7. The van der Waals surface area contributed by atoms with E-state index in [-0.39, 0.29) is 11.9 Å². The summed E-state index contributed by atoms with van der Waals surface area (Å²) >= 11 is 0. The first-order valence-electron chi connectivity index (χ1n) is 11.1. The molecule has 1 fully saturated rings. The van der Waals surface area contributed by atoms with Gasteiger partial charge in [0.15, 0.2) is 23.0 Å². The molecule has 8 nitrogen and oxygen atoms in total. The third-order valence-electron chi connectivity index (χ3n) is 5.29. The number of benzene rings is 2. The number of rotatable bonds is 10. The average Bonchev–Trinajstić information content (AvgIpc) is 3.30. The highest BCUT2D eigenvalue weighted by molar-refractivity contribution is 5.95. The molecule has 2 aromatic rings. The van der Waals surface area contributed by atoms with E-state index < -0.39 is 0 Å². The Hall–Kier alpha value is -3.42. The van der Waals surface area contributed by atoms with Crippen molar-refractivity contribution in [1.29, 1.82) is 0 Å². The van der Waals surface area contributed by atoms with Gasteiger partial charge >= 0.3 is 0 Å². The molecule has 1 aliphatic rings. The van der Waals surface area contributed by atoms with Crippen LogP contribution in [0.15, 0.2) is 41.5 Å². The summed E-state index contributed by atoms with van der Waals surface area (Å²) in [5.74, 6) is 2.83. The minimum atomic E-state index is -0.343. The summed E-state index contributed by atoms with van der Waals surface area (Å²) in [6.07, 6.45) is 3.39. The van der Waals surface area contributed by atoms with Crippen LogP contribution in [0.5, 0.6) is 23.0 Å². The van der Waals surface area contributed by atoms with E-state index in [4.69, 9.17) is 18.9 Å². The number of ether oxygens (including phenoxy) is 4. The quantitative estimate of drug-likeness (QED) is 0.541. The van der Waals surface area contributed by atoms with Crippen LogP contribution in [-0.2, 0) is 4.79 Å². The Morgan fingerprint density at radius 3 is 2.45 bits per heavy atom. The molecule has 2 aromatic carbocycles. The standard InChI is InChI=1S/C25H33N3O5/c1-17(2)16-33-24-13-18(8-10-22(24)31-4)15-26-28-12-6-7-20(28)25(29)27-19-9-11-21(30-3)23(14-19)32-5/h8-11,13-15,17,20H,6-7,12,16H2,1-5H3,(H,27,29)/b26-15+/t20-/m1/s1. The third-order valence-corrected chi connectivity index (χ3v) is 5.29. The van der Waals surface area contributed by atoms with Crippen LogP contribution >= 0.6 is 0 Å². The molecule has 1 aliphatic heterocycles. The number of nitrogens with zero attached hydrogens (tertiary/aromatic N) is 2. The smallest absolute Gasteiger partial charge is 0.248 e. The highest BCUT2D eigenvalue weighted by atomic mass is 16.5. The number of anilines is 1. The van der Waals surface area contributed by atoms with Crippen molar-refractivity contribution in [3.8, 4) is 23.0 Å². The van der Waals surface area contributed by atoms with E-state index in [0.717, 1.165) is 18.4 Å². The van der Waals surface area contributed by atoms with Crippen molar-refractivity contribution in [2.45, 2.75) is 32.7 Å². The molecule has 0 radical (unpaired) electrons. The second kappa shape index (κ2) is 11.4. The number of carbonyl (C=O) groups excluding carboxylic acids is 1. The van der Waals surface area contributed by atoms with Gasteiger partial charge in [-0.3, -0.25) is 9.80 Å². The number of carbonyl (C=O) groups is 1. The van der Waals surface area contributed by atoms with Gasteiger partial charge in [0.1, 0.15) is 6.04 Å². The lowest BCUT2D eigenvalue weighted by molar-refractivity contribution is -0.120. The van der Waals surface area contributed by atoms with Crippen molar-refractivity contribution >= 4 is 17.8 Å². The summed E-state index contributed by atoms with van der Waals surface area (Å²) in [5, 5.41) is 9.39. The van der Waals surface area contributed by atoms with Crippen LogP contribution in [0.2, 0.25) is 0 Å². The summed E-state index contributed by atoms with van der Waals surface area (Å²) in [5.41, 5.74) is 1.52. The number of hydrogen-bond donors (Lipinski definition) is 1. The van der Waals surface area contributed by atoms with E-state index >= 15 is 0 Å². The van der Waals surface area contributed by atoms with Gasteiger partial charge in [-0.05, 0) is 54.7 Å². The first-order valence-corrected chi connectivity index (χ1v) is 11.1. The fourth-order valence-electron chi connectivity index (χ4n) is 3.58. The maximum atomic E-state index is 12.9. The highest BCUT2D eigenvalue weighted by Crippen LogP contribution is 2.31. The Morgan fingerprint density at radius 2 is 1.76 bits per heavy atom. The molecule has 1 N–H and O–H groups in total. The fraction of sp³-hybridized carbons (Fsp3) is 0.440. The lowest BCUT2D eigenvalue weighted by atomic mass is 10.2. The first kappa shape index (κ1) is 24.2. The molecular formula is C25H33N3O5. The van der Waals surface area contributed by atoms with Crippen LogP contribution in [-0.4, -0.2) is 57.7 Å². The van der Waals surface area contributed by atoms with E-state index in [9.17, 15) is 4.79 Å². The molecule has 0 bridgehead atoms. The van der Waals surface area contributed by atoms with E-state index in [0.29, 0.717) is 47.8 Å². The monoisotopic (exact) mass is 455 g/mol. The molecule has 8 heteroatoms. The zero-order valence-electron chi connectivity index (χ0n) is 20.0. The van der Waals surface area contributed by atoms with Gasteiger partial charge in [-0.15, -0.1) is 0 Å². The van der Waals surface area contributed by atoms with Gasteiger partial charge in [-0.1, -0.05) is 13.8 Å². The Morgan fingerprint density at radius 1 is 1.06 bits per heavy atom. The maximum absolute atomic E-state index is 12.9. The summed E-state index contributed by atoms with van der Waals surface area (Å²) < 4.78 is 21.9. The SMILES string of the molecule is COc1ccc(NC(=O)[C@H]2CCCN2/N=C/c2ccc(OC)c(OCC(C)C)c2)cc1OC. The minimum absolute atomic E-state index is 0.104. The van der Waals surface area contributed by atoms with Crippen LogP contribution in [0, 0.1) is 5.92 Å². The lowest BCUT2D eigenvalue weighted by Crippen LogP contribution is -2.36. The van der Waals surface area contributed by atoms with E-state index in [1.807, 2.05) is 23.2 Å². The molecule has 0 spiro atoms. The zero-order valence-corrected chi connectivity index (χ0v) is 20.0. The molecule has 0 aromatic heterocycles.